The minimum atomic E-state index is -0.347. The van der Waals surface area contributed by atoms with E-state index >= 15 is 0 Å². The number of primary amides is 1. The molecule has 1 saturated heterocycles. The second-order valence-corrected chi connectivity index (χ2v) is 5.48. The molecule has 0 aromatic heterocycles. The zero-order valence-corrected chi connectivity index (χ0v) is 11.7. The molecule has 6 heteroatoms. The number of benzene rings is 1. The van der Waals surface area contributed by atoms with Crippen LogP contribution in [0.4, 0.5) is 0 Å². The summed E-state index contributed by atoms with van der Waals surface area (Å²) in [6.45, 7) is 0.969. The van der Waals surface area contributed by atoms with Gasteiger partial charge < -0.3 is 10.6 Å². The normalized spacial score (nSPS) is 18.6. The van der Waals surface area contributed by atoms with Crippen molar-refractivity contribution in [3.63, 3.8) is 0 Å². The Bertz CT molecular complexity index is 519. The number of hydrogen-bond acceptors (Lipinski definition) is 2. The molecule has 1 aromatic carbocycles. The number of likely N-dealkylation sites (tertiary alicyclic amines) is 1. The van der Waals surface area contributed by atoms with E-state index in [1.807, 2.05) is 0 Å². The van der Waals surface area contributed by atoms with Crippen molar-refractivity contribution in [2.45, 2.75) is 12.8 Å². The fraction of sp³-hybridized carbons (Fsp3) is 0.385. The van der Waals surface area contributed by atoms with Crippen LogP contribution in [-0.4, -0.2) is 29.8 Å². The standard InChI is InChI=1S/C13H14Cl2N2O2/c14-10-2-1-8(11(15)6-10)5-12(18)17-4-3-9(7-17)13(16)19/h1-2,6,9H,3-5,7H2,(H2,16,19)/t9-/m0/s1. The number of nitrogens with zero attached hydrogens (tertiary/aromatic N) is 1. The molecule has 2 rings (SSSR count). The number of halogens is 2. The average Bonchev–Trinajstić information content (AvgIpc) is 2.82. The maximum absolute atomic E-state index is 12.1. The Morgan fingerprint density at radius 2 is 2.11 bits per heavy atom. The Kier molecular flexibility index (Phi) is 4.32. The van der Waals surface area contributed by atoms with E-state index in [4.69, 9.17) is 28.9 Å². The monoisotopic (exact) mass is 300 g/mol. The van der Waals surface area contributed by atoms with E-state index in [9.17, 15) is 9.59 Å². The molecule has 1 atom stereocenters. The molecule has 0 spiro atoms. The van der Waals surface area contributed by atoms with E-state index in [0.29, 0.717) is 29.6 Å². The minimum Gasteiger partial charge on any atom is -0.369 e. The van der Waals surface area contributed by atoms with E-state index in [1.165, 1.54) is 0 Å². The van der Waals surface area contributed by atoms with Crippen LogP contribution in [0.3, 0.4) is 0 Å². The third-order valence-electron chi connectivity index (χ3n) is 3.30. The van der Waals surface area contributed by atoms with Gasteiger partial charge in [-0.2, -0.15) is 0 Å². The van der Waals surface area contributed by atoms with Crippen LogP contribution >= 0.6 is 23.2 Å². The topological polar surface area (TPSA) is 63.4 Å². The Labute approximate surface area is 121 Å². The van der Waals surface area contributed by atoms with Crippen LogP contribution < -0.4 is 5.73 Å². The van der Waals surface area contributed by atoms with Gasteiger partial charge in [-0.1, -0.05) is 29.3 Å². The molecule has 0 saturated carbocycles. The fourth-order valence-corrected chi connectivity index (χ4v) is 2.63. The number of hydrogen-bond donors (Lipinski definition) is 1. The van der Waals surface area contributed by atoms with Gasteiger partial charge in [0.25, 0.3) is 0 Å². The van der Waals surface area contributed by atoms with Gasteiger partial charge in [0.05, 0.1) is 12.3 Å². The predicted octanol–water partition coefficient (Wildman–Crippen LogP) is 1.87. The predicted molar refractivity (Wildman–Crippen MR) is 74.0 cm³/mol. The van der Waals surface area contributed by atoms with Crippen LogP contribution in [0.2, 0.25) is 10.0 Å². The van der Waals surface area contributed by atoms with Crippen LogP contribution in [0.1, 0.15) is 12.0 Å². The SMILES string of the molecule is NC(=O)[C@H]1CCN(C(=O)Cc2ccc(Cl)cc2Cl)C1. The molecule has 1 aromatic rings. The molecule has 2 N–H and O–H groups in total. The lowest BCUT2D eigenvalue weighted by Gasteiger charge is -2.16. The number of carbonyl (C=O) groups excluding carboxylic acids is 2. The molecule has 19 heavy (non-hydrogen) atoms. The summed E-state index contributed by atoms with van der Waals surface area (Å²) in [6, 6.07) is 5.05. The Morgan fingerprint density at radius 3 is 2.68 bits per heavy atom. The number of carbonyl (C=O) groups is 2. The molecule has 2 amide bonds. The van der Waals surface area contributed by atoms with Crippen LogP contribution in [-0.2, 0) is 16.0 Å². The number of rotatable bonds is 3. The molecule has 1 heterocycles. The highest BCUT2D eigenvalue weighted by Crippen LogP contribution is 2.23. The Morgan fingerprint density at radius 1 is 1.37 bits per heavy atom. The van der Waals surface area contributed by atoms with Gasteiger partial charge in [-0.15, -0.1) is 0 Å². The van der Waals surface area contributed by atoms with E-state index < -0.39 is 0 Å². The van der Waals surface area contributed by atoms with E-state index in [1.54, 1.807) is 23.1 Å². The van der Waals surface area contributed by atoms with E-state index in [2.05, 4.69) is 0 Å². The van der Waals surface area contributed by atoms with Crippen LogP contribution in [0, 0.1) is 5.92 Å². The van der Waals surface area contributed by atoms with E-state index in [-0.39, 0.29) is 24.2 Å². The third kappa shape index (κ3) is 3.39. The molecular weight excluding hydrogens is 287 g/mol. The minimum absolute atomic E-state index is 0.0482. The highest BCUT2D eigenvalue weighted by Gasteiger charge is 2.29. The molecule has 4 nitrogen and oxygen atoms in total. The van der Waals surface area contributed by atoms with Gasteiger partial charge in [0, 0.05) is 23.1 Å². The highest BCUT2D eigenvalue weighted by atomic mass is 35.5. The summed E-state index contributed by atoms with van der Waals surface area (Å²) >= 11 is 11.8. The Hall–Kier alpha value is -1.26. The molecular formula is C13H14Cl2N2O2. The first-order valence-corrected chi connectivity index (χ1v) is 6.74. The molecule has 0 radical (unpaired) electrons. The average molecular weight is 301 g/mol. The van der Waals surface area contributed by atoms with Crippen LogP contribution in [0.5, 0.6) is 0 Å². The van der Waals surface area contributed by atoms with E-state index in [0.717, 1.165) is 5.56 Å². The smallest absolute Gasteiger partial charge is 0.227 e. The highest BCUT2D eigenvalue weighted by molar-refractivity contribution is 6.35. The zero-order chi connectivity index (χ0) is 14.0. The summed E-state index contributed by atoms with van der Waals surface area (Å²) in [7, 11) is 0. The van der Waals surface area contributed by atoms with Crippen molar-refractivity contribution in [3.05, 3.63) is 33.8 Å². The van der Waals surface area contributed by atoms with Crippen molar-refractivity contribution in [2.24, 2.45) is 11.7 Å². The number of amides is 2. The van der Waals surface area contributed by atoms with Crippen molar-refractivity contribution in [1.29, 1.82) is 0 Å². The van der Waals surface area contributed by atoms with Crippen molar-refractivity contribution in [1.82, 2.24) is 4.90 Å². The third-order valence-corrected chi connectivity index (χ3v) is 3.89. The lowest BCUT2D eigenvalue weighted by molar-refractivity contribution is -0.129. The molecule has 102 valence electrons. The summed E-state index contributed by atoms with van der Waals surface area (Å²) in [4.78, 5) is 24.8. The largest absolute Gasteiger partial charge is 0.369 e. The molecule has 0 unspecified atom stereocenters. The van der Waals surface area contributed by atoms with Crippen molar-refractivity contribution >= 4 is 35.0 Å². The molecule has 0 bridgehead atoms. The quantitative estimate of drug-likeness (QED) is 0.926. The van der Waals surface area contributed by atoms with Crippen molar-refractivity contribution < 1.29 is 9.59 Å². The summed E-state index contributed by atoms with van der Waals surface area (Å²) in [5.74, 6) is -0.627. The second-order valence-electron chi connectivity index (χ2n) is 4.64. The fourth-order valence-electron chi connectivity index (χ4n) is 2.16. The molecule has 1 fully saturated rings. The van der Waals surface area contributed by atoms with Crippen molar-refractivity contribution in [2.75, 3.05) is 13.1 Å². The summed E-state index contributed by atoms with van der Waals surface area (Å²) in [5, 5.41) is 1.02. The molecule has 1 aliphatic heterocycles. The first kappa shape index (κ1) is 14.2. The van der Waals surface area contributed by atoms with Crippen molar-refractivity contribution in [3.8, 4) is 0 Å². The molecule has 1 aliphatic rings. The van der Waals surface area contributed by atoms with Gasteiger partial charge in [-0.05, 0) is 24.1 Å². The van der Waals surface area contributed by atoms with Gasteiger partial charge in [0.2, 0.25) is 11.8 Å². The lowest BCUT2D eigenvalue weighted by atomic mass is 10.1. The van der Waals surface area contributed by atoms with Crippen LogP contribution in [0.25, 0.3) is 0 Å². The zero-order valence-electron chi connectivity index (χ0n) is 10.2. The first-order valence-electron chi connectivity index (χ1n) is 5.98. The number of nitrogens with two attached hydrogens (primary N) is 1. The Balaban J connectivity index is 2.00. The first-order chi connectivity index (χ1) is 8.97. The molecule has 0 aliphatic carbocycles. The lowest BCUT2D eigenvalue weighted by Crippen LogP contribution is -2.32. The maximum Gasteiger partial charge on any atom is 0.227 e. The summed E-state index contributed by atoms with van der Waals surface area (Å²) < 4.78 is 0. The van der Waals surface area contributed by atoms with Gasteiger partial charge in [-0.25, -0.2) is 0 Å². The van der Waals surface area contributed by atoms with Gasteiger partial charge in [0.15, 0.2) is 0 Å². The van der Waals surface area contributed by atoms with Gasteiger partial charge in [0.1, 0.15) is 0 Å². The second kappa shape index (κ2) is 5.80. The van der Waals surface area contributed by atoms with Crippen LogP contribution in [0.15, 0.2) is 18.2 Å². The van der Waals surface area contributed by atoms with Gasteiger partial charge >= 0.3 is 0 Å². The van der Waals surface area contributed by atoms with Gasteiger partial charge in [-0.3, -0.25) is 9.59 Å². The summed E-state index contributed by atoms with van der Waals surface area (Å²) in [5.41, 5.74) is 5.98. The summed E-state index contributed by atoms with van der Waals surface area (Å²) in [6.07, 6.45) is 0.844. The maximum atomic E-state index is 12.1.